The van der Waals surface area contributed by atoms with E-state index in [4.69, 9.17) is 4.74 Å². The van der Waals surface area contributed by atoms with Crippen LogP contribution in [-0.2, 0) is 11.8 Å². The standard InChI is InChI=1S/C57H45NO.C6H6.C2H6/c1-38-27-31-44(32-28-38)58(45-33-29-40(30-34-45)47-23-14-24-49-48-21-10-9-16-41(48)37-51(47)49)54-26-13-15-39(2)46-35-36-53-55(56(46)59-54)50-22-11-12-25-52(50)57(53,42-17-5-3-6-18-42)43-19-7-4-8-20-43;1-2-4-6-5-3-1;1-2/h3,5-7,9-27,29-31,33-36H,2,4,8,28,32,37H2,1H3;1-6H;1-2H3/b15-13-,54-26-;;. The highest BCUT2D eigenvalue weighted by molar-refractivity contribution is 5.95. The van der Waals surface area contributed by atoms with Gasteiger partial charge in [-0.05, 0) is 130 Å². The second-order valence-corrected chi connectivity index (χ2v) is 17.5. The van der Waals surface area contributed by atoms with Crippen molar-refractivity contribution in [1.82, 2.24) is 0 Å². The predicted octanol–water partition coefficient (Wildman–Crippen LogP) is 17.2. The van der Waals surface area contributed by atoms with Crippen LogP contribution in [0.2, 0.25) is 0 Å². The Balaban J connectivity index is 0.000000604. The van der Waals surface area contributed by atoms with Crippen molar-refractivity contribution in [2.24, 2.45) is 0 Å². The van der Waals surface area contributed by atoms with Gasteiger partial charge in [-0.3, -0.25) is 4.90 Å². The lowest BCUT2D eigenvalue weighted by Crippen LogP contribution is -2.29. The molecule has 328 valence electrons. The van der Waals surface area contributed by atoms with E-state index in [1.807, 2.05) is 50.2 Å². The van der Waals surface area contributed by atoms with E-state index in [9.17, 15) is 0 Å². The fourth-order valence-electron chi connectivity index (χ4n) is 10.6. The van der Waals surface area contributed by atoms with Gasteiger partial charge in [-0.1, -0.05) is 220 Å². The summed E-state index contributed by atoms with van der Waals surface area (Å²) in [4.78, 5) is 2.33. The van der Waals surface area contributed by atoms with Gasteiger partial charge in [0.15, 0.2) is 0 Å². The Morgan fingerprint density at radius 2 is 1.25 bits per heavy atom. The number of fused-ring (bicyclic) bond motifs is 8. The Hall–Kier alpha value is -7.68. The maximum atomic E-state index is 7.51. The Morgan fingerprint density at radius 1 is 0.567 bits per heavy atom. The minimum Gasteiger partial charge on any atom is -0.439 e. The van der Waals surface area contributed by atoms with Crippen LogP contribution in [0.4, 0.5) is 5.69 Å². The summed E-state index contributed by atoms with van der Waals surface area (Å²) in [6, 6.07) is 61.2. The number of nitrogens with zero attached hydrogens (tertiary/aromatic N) is 1. The molecule has 0 N–H and O–H groups in total. The van der Waals surface area contributed by atoms with E-state index in [0.29, 0.717) is 0 Å². The van der Waals surface area contributed by atoms with Crippen molar-refractivity contribution >= 4 is 11.3 Å². The third-order valence-corrected chi connectivity index (χ3v) is 13.7. The molecule has 7 aromatic rings. The van der Waals surface area contributed by atoms with Crippen LogP contribution in [0.25, 0.3) is 39.0 Å². The summed E-state index contributed by atoms with van der Waals surface area (Å²) >= 11 is 0. The van der Waals surface area contributed by atoms with E-state index in [2.05, 4.69) is 200 Å². The second-order valence-electron chi connectivity index (χ2n) is 17.5. The maximum Gasteiger partial charge on any atom is 0.204 e. The van der Waals surface area contributed by atoms with E-state index in [1.165, 1.54) is 72.5 Å². The van der Waals surface area contributed by atoms with Crippen molar-refractivity contribution in [2.75, 3.05) is 4.90 Å². The van der Waals surface area contributed by atoms with Gasteiger partial charge in [0.2, 0.25) is 5.88 Å². The molecular weight excluding hydrogens is 811 g/mol. The number of rotatable bonds is 6. The van der Waals surface area contributed by atoms with Gasteiger partial charge < -0.3 is 4.74 Å². The highest BCUT2D eigenvalue weighted by Crippen LogP contribution is 2.60. The number of benzene rings is 7. The van der Waals surface area contributed by atoms with Crippen molar-refractivity contribution in [1.29, 1.82) is 0 Å². The van der Waals surface area contributed by atoms with Crippen molar-refractivity contribution in [3.63, 3.8) is 0 Å². The molecule has 0 spiro atoms. The zero-order valence-electron chi connectivity index (χ0n) is 38.9. The van der Waals surface area contributed by atoms with Crippen LogP contribution in [0.1, 0.15) is 79.8 Å². The van der Waals surface area contributed by atoms with E-state index in [0.717, 1.165) is 66.1 Å². The normalized spacial score (nSPS) is 18.3. The Labute approximate surface area is 397 Å². The van der Waals surface area contributed by atoms with E-state index in [1.54, 1.807) is 0 Å². The van der Waals surface area contributed by atoms with Crippen LogP contribution < -0.4 is 9.64 Å². The minimum absolute atomic E-state index is 0.491. The molecule has 2 nitrogen and oxygen atoms in total. The molecule has 5 aliphatic rings. The lowest BCUT2D eigenvalue weighted by atomic mass is 9.66. The van der Waals surface area contributed by atoms with Crippen molar-refractivity contribution in [3.05, 3.63) is 281 Å². The molecule has 0 saturated carbocycles. The minimum atomic E-state index is -0.491. The van der Waals surface area contributed by atoms with Crippen LogP contribution >= 0.6 is 0 Å². The highest BCUT2D eigenvalue weighted by atomic mass is 16.5. The fourth-order valence-corrected chi connectivity index (χ4v) is 10.6. The van der Waals surface area contributed by atoms with Crippen LogP contribution in [0.5, 0.6) is 5.75 Å². The van der Waals surface area contributed by atoms with Gasteiger partial charge in [-0.25, -0.2) is 0 Å². The van der Waals surface area contributed by atoms with Crippen molar-refractivity contribution in [3.8, 4) is 39.1 Å². The van der Waals surface area contributed by atoms with Gasteiger partial charge in [-0.2, -0.15) is 0 Å². The molecule has 0 saturated heterocycles. The van der Waals surface area contributed by atoms with Gasteiger partial charge in [-0.15, -0.1) is 0 Å². The number of hydrogen-bond donors (Lipinski definition) is 0. The molecule has 0 fully saturated rings. The first-order valence-corrected chi connectivity index (χ1v) is 24.0. The molecule has 1 atom stereocenters. The van der Waals surface area contributed by atoms with E-state index >= 15 is 0 Å². The lowest BCUT2D eigenvalue weighted by molar-refractivity contribution is 0.411. The largest absolute Gasteiger partial charge is 0.439 e. The summed E-state index contributed by atoms with van der Waals surface area (Å²) in [5, 5.41) is 0. The predicted molar refractivity (Wildman–Crippen MR) is 283 cm³/mol. The van der Waals surface area contributed by atoms with Crippen LogP contribution in [0.15, 0.2) is 248 Å². The molecule has 1 heterocycles. The number of allylic oxidation sites excluding steroid dienone is 12. The molecule has 12 rings (SSSR count). The molecule has 0 radical (unpaired) electrons. The molecular formula is C65H57NO. The number of ether oxygens (including phenoxy) is 1. The van der Waals surface area contributed by atoms with Gasteiger partial charge in [0.1, 0.15) is 5.75 Å². The summed E-state index contributed by atoms with van der Waals surface area (Å²) in [7, 11) is 0. The van der Waals surface area contributed by atoms with Gasteiger partial charge in [0, 0.05) is 22.5 Å². The fraction of sp³-hybridized carbons (Fsp3) is 0.138. The van der Waals surface area contributed by atoms with Gasteiger partial charge >= 0.3 is 0 Å². The summed E-state index contributed by atoms with van der Waals surface area (Å²) in [6.45, 7) is 10.8. The zero-order chi connectivity index (χ0) is 45.7. The lowest BCUT2D eigenvalue weighted by Gasteiger charge is -2.36. The third-order valence-electron chi connectivity index (χ3n) is 13.7. The average Bonchev–Trinajstić information content (AvgIpc) is 3.93. The Kier molecular flexibility index (Phi) is 12.3. The van der Waals surface area contributed by atoms with Gasteiger partial charge in [0.05, 0.1) is 5.41 Å². The Bertz CT molecular complexity index is 3130. The molecule has 0 aromatic heterocycles. The first-order chi connectivity index (χ1) is 33.1. The summed E-state index contributed by atoms with van der Waals surface area (Å²) in [5.41, 5.74) is 20.5. The van der Waals surface area contributed by atoms with E-state index in [-0.39, 0.29) is 0 Å². The first-order valence-electron chi connectivity index (χ1n) is 24.0. The van der Waals surface area contributed by atoms with Crippen LogP contribution in [0.3, 0.4) is 0 Å². The maximum absolute atomic E-state index is 7.51. The smallest absolute Gasteiger partial charge is 0.204 e. The zero-order valence-corrected chi connectivity index (χ0v) is 38.9. The molecule has 1 aliphatic heterocycles. The van der Waals surface area contributed by atoms with Gasteiger partial charge in [0.25, 0.3) is 0 Å². The third kappa shape index (κ3) is 7.87. The second kappa shape index (κ2) is 19.0. The number of hydrogen-bond acceptors (Lipinski definition) is 2. The SMILES string of the molecule is C=C1/C=C\C=C(\N(C2=CC=C(C)CC2)c2ccc(-c3cccc4c3Cc3ccccc3-4)cc2)Oc2c1ccc1c2-c2ccccc2C1(C1=CCCC=C1)c1ccccc1.CC.c1ccccc1. The van der Waals surface area contributed by atoms with Crippen molar-refractivity contribution in [2.45, 2.75) is 58.3 Å². The van der Waals surface area contributed by atoms with Crippen LogP contribution in [0, 0.1) is 0 Å². The molecule has 0 amide bonds. The molecule has 1 unspecified atom stereocenters. The molecule has 2 heteroatoms. The molecule has 67 heavy (non-hydrogen) atoms. The quantitative estimate of drug-likeness (QED) is 0.165. The first kappa shape index (κ1) is 43.2. The van der Waals surface area contributed by atoms with Crippen LogP contribution in [-0.4, -0.2) is 0 Å². The molecule has 0 bridgehead atoms. The summed E-state index contributed by atoms with van der Waals surface area (Å²) < 4.78 is 7.51. The van der Waals surface area contributed by atoms with E-state index < -0.39 is 5.41 Å². The topological polar surface area (TPSA) is 12.5 Å². The molecule has 7 aromatic carbocycles. The highest BCUT2D eigenvalue weighted by Gasteiger charge is 2.48. The average molecular weight is 868 g/mol. The summed E-state index contributed by atoms with van der Waals surface area (Å²) in [5.74, 6) is 1.61. The molecule has 4 aliphatic carbocycles. The monoisotopic (exact) mass is 867 g/mol. The summed E-state index contributed by atoms with van der Waals surface area (Å²) in [6.07, 6.45) is 22.9. The Morgan fingerprint density at radius 3 is 1.99 bits per heavy atom. The number of anilines is 1. The van der Waals surface area contributed by atoms with Crippen molar-refractivity contribution < 1.29 is 4.74 Å².